The van der Waals surface area contributed by atoms with Crippen molar-refractivity contribution in [3.05, 3.63) is 64.7 Å². The molecule has 1 amide bonds. The van der Waals surface area contributed by atoms with Crippen molar-refractivity contribution in [2.75, 3.05) is 6.61 Å². The molecular formula is C20H16F3N3O3. The van der Waals surface area contributed by atoms with Crippen LogP contribution in [0.5, 0.6) is 5.75 Å². The van der Waals surface area contributed by atoms with E-state index in [9.17, 15) is 23.1 Å². The summed E-state index contributed by atoms with van der Waals surface area (Å²) in [4.78, 5) is 12.2. The van der Waals surface area contributed by atoms with Gasteiger partial charge in [-0.25, -0.2) is 0 Å². The molecule has 0 fully saturated rings. The molecule has 0 bridgehead atoms. The first-order valence-corrected chi connectivity index (χ1v) is 8.30. The number of hydrogen-bond acceptors (Lipinski definition) is 5. The molecular weight excluding hydrogens is 387 g/mol. The summed E-state index contributed by atoms with van der Waals surface area (Å²) in [7, 11) is 0. The van der Waals surface area contributed by atoms with Gasteiger partial charge in [0.15, 0.2) is 5.60 Å². The molecule has 0 saturated heterocycles. The number of nitriles is 2. The van der Waals surface area contributed by atoms with Gasteiger partial charge in [0.25, 0.3) is 5.91 Å². The zero-order chi connectivity index (χ0) is 21.7. The van der Waals surface area contributed by atoms with Crippen molar-refractivity contribution >= 4 is 5.91 Å². The number of nitrogens with zero attached hydrogens (tertiary/aromatic N) is 2. The fourth-order valence-electron chi connectivity index (χ4n) is 2.32. The molecule has 0 aliphatic heterocycles. The van der Waals surface area contributed by atoms with Crippen LogP contribution >= 0.6 is 0 Å². The minimum atomic E-state index is -4.70. The number of halogens is 3. The molecule has 2 rings (SSSR count). The molecule has 2 aromatic rings. The van der Waals surface area contributed by atoms with Crippen LogP contribution < -0.4 is 10.1 Å². The Morgan fingerprint density at radius 2 is 1.79 bits per heavy atom. The molecule has 2 N–H and O–H groups in total. The lowest BCUT2D eigenvalue weighted by Crippen LogP contribution is -2.48. The van der Waals surface area contributed by atoms with Gasteiger partial charge in [0.05, 0.1) is 28.8 Å². The number of benzene rings is 2. The number of aliphatic hydroxyl groups is 1. The van der Waals surface area contributed by atoms with Crippen molar-refractivity contribution in [3.63, 3.8) is 0 Å². The molecule has 6 nitrogen and oxygen atoms in total. The van der Waals surface area contributed by atoms with Crippen LogP contribution in [0.2, 0.25) is 0 Å². The number of nitrogens with one attached hydrogen (secondary N) is 1. The minimum absolute atomic E-state index is 0.119. The highest BCUT2D eigenvalue weighted by molar-refractivity contribution is 5.84. The van der Waals surface area contributed by atoms with E-state index in [-0.39, 0.29) is 12.1 Å². The van der Waals surface area contributed by atoms with Crippen LogP contribution in [0.3, 0.4) is 0 Å². The average molecular weight is 403 g/mol. The van der Waals surface area contributed by atoms with Crippen molar-refractivity contribution in [2.45, 2.75) is 25.2 Å². The molecule has 2 aromatic carbocycles. The van der Waals surface area contributed by atoms with Crippen LogP contribution in [0.25, 0.3) is 0 Å². The van der Waals surface area contributed by atoms with Gasteiger partial charge in [0, 0.05) is 6.54 Å². The molecule has 0 saturated carbocycles. The summed E-state index contributed by atoms with van der Waals surface area (Å²) in [6, 6.07) is 12.5. The first-order chi connectivity index (χ1) is 13.6. The van der Waals surface area contributed by atoms with Crippen LogP contribution in [0.4, 0.5) is 13.2 Å². The van der Waals surface area contributed by atoms with Gasteiger partial charge in [-0.15, -0.1) is 0 Å². The third-order valence-corrected chi connectivity index (χ3v) is 3.96. The Morgan fingerprint density at radius 3 is 2.34 bits per heavy atom. The maximum atomic E-state index is 13.0. The molecule has 1 unspecified atom stereocenters. The van der Waals surface area contributed by atoms with Gasteiger partial charge < -0.3 is 15.2 Å². The highest BCUT2D eigenvalue weighted by atomic mass is 19.4. The van der Waals surface area contributed by atoms with E-state index in [1.54, 1.807) is 0 Å². The van der Waals surface area contributed by atoms with E-state index in [2.05, 4.69) is 5.32 Å². The van der Waals surface area contributed by atoms with Crippen molar-refractivity contribution in [3.8, 4) is 17.9 Å². The number of ether oxygens (including phenoxy) is 1. The third-order valence-electron chi connectivity index (χ3n) is 3.96. The predicted octanol–water partition coefficient (Wildman–Crippen LogP) is 2.89. The summed E-state index contributed by atoms with van der Waals surface area (Å²) in [5.74, 6) is -0.511. The summed E-state index contributed by atoms with van der Waals surface area (Å²) in [6.45, 7) is 0.512. The molecule has 0 aliphatic carbocycles. The molecule has 0 heterocycles. The Morgan fingerprint density at radius 1 is 1.14 bits per heavy atom. The van der Waals surface area contributed by atoms with E-state index < -0.39 is 35.4 Å². The topological polar surface area (TPSA) is 106 Å². The molecule has 1 atom stereocenters. The van der Waals surface area contributed by atoms with E-state index in [0.717, 1.165) is 12.1 Å². The lowest BCUT2D eigenvalue weighted by atomic mass is 10.0. The van der Waals surface area contributed by atoms with Gasteiger partial charge in [0.2, 0.25) is 0 Å². The average Bonchev–Trinajstić information content (AvgIpc) is 2.70. The Labute approximate surface area is 164 Å². The molecule has 0 aliphatic rings. The Balaban J connectivity index is 2.00. The lowest BCUT2D eigenvalue weighted by molar-refractivity contribution is -0.141. The molecule has 0 radical (unpaired) electrons. The summed E-state index contributed by atoms with van der Waals surface area (Å²) in [6.07, 6.45) is -4.70. The molecule has 0 spiro atoms. The highest BCUT2D eigenvalue weighted by Crippen LogP contribution is 2.32. The van der Waals surface area contributed by atoms with E-state index in [1.807, 2.05) is 6.07 Å². The van der Waals surface area contributed by atoms with Gasteiger partial charge in [-0.2, -0.15) is 23.7 Å². The first-order valence-electron chi connectivity index (χ1n) is 8.30. The number of carbonyl (C=O) groups is 1. The standard InChI is InChI=1S/C20H16F3N3O3/c1-19(28,12-29-16-6-3-13(9-24)4-7-16)18(27)26-11-14-2-5-15(10-25)17(8-14)20(21,22)23/h2-8,28H,11-12H2,1H3,(H,26,27). The van der Waals surface area contributed by atoms with Gasteiger partial charge in [-0.3, -0.25) is 4.79 Å². The SMILES string of the molecule is CC(O)(COc1ccc(C#N)cc1)C(=O)NCc1ccc(C#N)c(C(F)(F)F)c1. The van der Waals surface area contributed by atoms with Crippen molar-refractivity contribution < 1.29 is 27.8 Å². The minimum Gasteiger partial charge on any atom is -0.490 e. The number of amides is 1. The smallest absolute Gasteiger partial charge is 0.417 e. The van der Waals surface area contributed by atoms with Crippen LogP contribution in [-0.2, 0) is 17.5 Å². The largest absolute Gasteiger partial charge is 0.490 e. The number of carbonyl (C=O) groups excluding carboxylic acids is 1. The first kappa shape index (κ1) is 21.7. The summed E-state index contributed by atoms with van der Waals surface area (Å²) >= 11 is 0. The number of alkyl halides is 3. The van der Waals surface area contributed by atoms with Gasteiger partial charge in [-0.1, -0.05) is 6.07 Å². The van der Waals surface area contributed by atoms with Crippen LogP contribution in [0, 0.1) is 22.7 Å². The second kappa shape index (κ2) is 8.63. The van der Waals surface area contributed by atoms with Crippen LogP contribution in [-0.4, -0.2) is 23.2 Å². The Hall–Kier alpha value is -3.56. The van der Waals surface area contributed by atoms with Gasteiger partial charge in [-0.05, 0) is 48.9 Å². The highest BCUT2D eigenvalue weighted by Gasteiger charge is 2.34. The van der Waals surface area contributed by atoms with Crippen molar-refractivity contribution in [2.24, 2.45) is 0 Å². The van der Waals surface area contributed by atoms with Gasteiger partial charge >= 0.3 is 6.18 Å². The third kappa shape index (κ3) is 5.71. The Bertz CT molecular complexity index is 972. The van der Waals surface area contributed by atoms with Crippen molar-refractivity contribution in [1.82, 2.24) is 5.32 Å². The quantitative estimate of drug-likeness (QED) is 0.772. The zero-order valence-electron chi connectivity index (χ0n) is 15.2. The maximum absolute atomic E-state index is 13.0. The number of rotatable bonds is 6. The summed E-state index contributed by atoms with van der Waals surface area (Å²) in [5.41, 5.74) is -3.03. The summed E-state index contributed by atoms with van der Waals surface area (Å²) < 4.78 is 44.3. The fraction of sp³-hybridized carbons (Fsp3) is 0.250. The molecule has 9 heteroatoms. The molecule has 29 heavy (non-hydrogen) atoms. The normalized spacial score (nSPS) is 12.9. The predicted molar refractivity (Wildman–Crippen MR) is 95.3 cm³/mol. The molecule has 150 valence electrons. The maximum Gasteiger partial charge on any atom is 0.417 e. The van der Waals surface area contributed by atoms with E-state index in [1.165, 1.54) is 43.3 Å². The van der Waals surface area contributed by atoms with E-state index >= 15 is 0 Å². The zero-order valence-corrected chi connectivity index (χ0v) is 15.2. The van der Waals surface area contributed by atoms with E-state index in [4.69, 9.17) is 15.3 Å². The van der Waals surface area contributed by atoms with Gasteiger partial charge in [0.1, 0.15) is 12.4 Å². The monoisotopic (exact) mass is 403 g/mol. The van der Waals surface area contributed by atoms with Crippen molar-refractivity contribution in [1.29, 1.82) is 10.5 Å². The second-order valence-corrected chi connectivity index (χ2v) is 6.37. The van der Waals surface area contributed by atoms with E-state index in [0.29, 0.717) is 11.3 Å². The lowest BCUT2D eigenvalue weighted by Gasteiger charge is -2.22. The van der Waals surface area contributed by atoms with Crippen LogP contribution in [0.15, 0.2) is 42.5 Å². The fourth-order valence-corrected chi connectivity index (χ4v) is 2.32. The Kier molecular flexibility index (Phi) is 6.47. The molecule has 0 aromatic heterocycles. The van der Waals surface area contributed by atoms with Crippen LogP contribution in [0.1, 0.15) is 29.2 Å². The number of hydrogen-bond donors (Lipinski definition) is 2. The summed E-state index contributed by atoms with van der Waals surface area (Å²) in [5, 5.41) is 30.2. The second-order valence-electron chi connectivity index (χ2n) is 6.37.